The van der Waals surface area contributed by atoms with Gasteiger partial charge in [-0.3, -0.25) is 19.4 Å². The SMILES string of the molecule is CCCCCCC1=CC=C(C(=O)NCCC(=O)O)CC=C1.CN1C(=O)C(c2cccc(Cl)c2)=NC12CCC(C(C)(C)C)CC2. The summed E-state index contributed by atoms with van der Waals surface area (Å²) < 4.78 is 0. The van der Waals surface area contributed by atoms with E-state index in [1.165, 1.54) is 31.3 Å². The molecule has 44 heavy (non-hydrogen) atoms. The van der Waals surface area contributed by atoms with Crippen LogP contribution in [0.4, 0.5) is 0 Å². The number of carboxylic acid groups (broad SMARTS) is 1. The van der Waals surface area contributed by atoms with Gasteiger partial charge in [-0.25, -0.2) is 0 Å². The highest BCUT2D eigenvalue weighted by molar-refractivity contribution is 6.47. The van der Waals surface area contributed by atoms with Gasteiger partial charge in [0.15, 0.2) is 0 Å². The quantitative estimate of drug-likeness (QED) is 0.259. The molecule has 1 spiro atoms. The number of aliphatic carboxylic acids is 1. The number of nitrogens with one attached hydrogen (secondary N) is 1. The number of carboxylic acids is 1. The van der Waals surface area contributed by atoms with Gasteiger partial charge in [0.2, 0.25) is 5.91 Å². The maximum atomic E-state index is 12.7. The number of halogens is 1. The number of unbranched alkanes of at least 4 members (excludes halogenated alkanes) is 3. The number of carbonyl (C=O) groups is 3. The van der Waals surface area contributed by atoms with Crippen molar-refractivity contribution in [1.29, 1.82) is 0 Å². The van der Waals surface area contributed by atoms with Crippen LogP contribution in [-0.4, -0.2) is 52.8 Å². The molecule has 1 fully saturated rings. The van der Waals surface area contributed by atoms with Crippen LogP contribution in [0.25, 0.3) is 0 Å². The van der Waals surface area contributed by atoms with Crippen molar-refractivity contribution in [2.75, 3.05) is 13.6 Å². The molecule has 0 saturated heterocycles. The molecule has 2 N–H and O–H groups in total. The molecule has 4 rings (SSSR count). The Bertz CT molecular complexity index is 1300. The van der Waals surface area contributed by atoms with Crippen molar-refractivity contribution in [3.63, 3.8) is 0 Å². The van der Waals surface area contributed by atoms with Crippen LogP contribution in [0, 0.1) is 11.3 Å². The lowest BCUT2D eigenvalue weighted by atomic mass is 9.69. The zero-order valence-corrected chi connectivity index (χ0v) is 27.9. The Hall–Kier alpha value is -3.19. The first kappa shape index (κ1) is 35.3. The van der Waals surface area contributed by atoms with E-state index in [0.29, 0.717) is 34.1 Å². The summed E-state index contributed by atoms with van der Waals surface area (Å²) in [5.41, 5.74) is 3.28. The average Bonchev–Trinajstić information content (AvgIpc) is 3.12. The molecule has 1 saturated carbocycles. The molecule has 240 valence electrons. The number of hydrogen-bond acceptors (Lipinski definition) is 4. The van der Waals surface area contributed by atoms with E-state index in [4.69, 9.17) is 21.7 Å². The number of likely N-dealkylation sites (N-methyl/N-ethyl adjacent to an activating group) is 1. The van der Waals surface area contributed by atoms with Gasteiger partial charge in [0.05, 0.1) is 6.42 Å². The normalized spacial score (nSPS) is 21.6. The number of aliphatic imine (C=N–C) groups is 1. The molecule has 2 amide bonds. The van der Waals surface area contributed by atoms with Crippen molar-refractivity contribution < 1.29 is 19.5 Å². The minimum Gasteiger partial charge on any atom is -0.481 e. The highest BCUT2D eigenvalue weighted by Crippen LogP contribution is 2.46. The van der Waals surface area contributed by atoms with Crippen LogP contribution in [0.2, 0.25) is 5.02 Å². The Morgan fingerprint density at radius 3 is 2.50 bits per heavy atom. The number of amides is 2. The van der Waals surface area contributed by atoms with Crippen molar-refractivity contribution in [2.45, 2.75) is 104 Å². The largest absolute Gasteiger partial charge is 0.481 e. The fourth-order valence-electron chi connectivity index (χ4n) is 6.05. The molecule has 0 aromatic heterocycles. The molecular weight excluding hydrogens is 574 g/mol. The number of nitrogens with zero attached hydrogens (tertiary/aromatic N) is 2. The van der Waals surface area contributed by atoms with E-state index in [9.17, 15) is 14.4 Å². The molecule has 3 aliphatic rings. The van der Waals surface area contributed by atoms with Gasteiger partial charge in [-0.1, -0.05) is 95.0 Å². The van der Waals surface area contributed by atoms with Crippen LogP contribution in [0.1, 0.15) is 104 Å². The Morgan fingerprint density at radius 1 is 1.14 bits per heavy atom. The molecular formula is C36H50ClN3O4. The van der Waals surface area contributed by atoms with E-state index in [1.54, 1.807) is 0 Å². The van der Waals surface area contributed by atoms with Gasteiger partial charge in [0, 0.05) is 29.8 Å². The first-order valence-corrected chi connectivity index (χ1v) is 16.4. The van der Waals surface area contributed by atoms with Crippen LogP contribution < -0.4 is 5.32 Å². The lowest BCUT2D eigenvalue weighted by Gasteiger charge is -2.43. The molecule has 1 heterocycles. The fraction of sp³-hybridized carbons (Fsp3) is 0.556. The van der Waals surface area contributed by atoms with Gasteiger partial charge in [0.25, 0.3) is 5.91 Å². The first-order valence-electron chi connectivity index (χ1n) is 16.1. The van der Waals surface area contributed by atoms with E-state index in [2.05, 4.69) is 39.1 Å². The maximum Gasteiger partial charge on any atom is 0.305 e. The summed E-state index contributed by atoms with van der Waals surface area (Å²) in [5, 5.41) is 11.8. The predicted molar refractivity (Wildman–Crippen MR) is 179 cm³/mol. The summed E-state index contributed by atoms with van der Waals surface area (Å²) in [6, 6.07) is 7.43. The van der Waals surface area contributed by atoms with E-state index in [-0.39, 0.29) is 30.4 Å². The second-order valence-electron chi connectivity index (χ2n) is 13.2. The van der Waals surface area contributed by atoms with E-state index >= 15 is 0 Å². The summed E-state index contributed by atoms with van der Waals surface area (Å²) in [4.78, 5) is 41.8. The molecule has 0 radical (unpaired) electrons. The summed E-state index contributed by atoms with van der Waals surface area (Å²) in [6.07, 6.45) is 18.6. The number of rotatable bonds is 10. The van der Waals surface area contributed by atoms with Gasteiger partial charge in [0.1, 0.15) is 11.4 Å². The smallest absolute Gasteiger partial charge is 0.305 e. The Kier molecular flexibility index (Phi) is 13.0. The third-order valence-corrected chi connectivity index (χ3v) is 9.20. The zero-order chi connectivity index (χ0) is 32.3. The van der Waals surface area contributed by atoms with Crippen LogP contribution in [0.5, 0.6) is 0 Å². The van der Waals surface area contributed by atoms with Gasteiger partial charge >= 0.3 is 5.97 Å². The summed E-state index contributed by atoms with van der Waals surface area (Å²) >= 11 is 6.07. The molecule has 1 aromatic carbocycles. The molecule has 7 nitrogen and oxygen atoms in total. The van der Waals surface area contributed by atoms with E-state index in [1.807, 2.05) is 54.4 Å². The lowest BCUT2D eigenvalue weighted by Crippen LogP contribution is -2.47. The van der Waals surface area contributed by atoms with Crippen molar-refractivity contribution in [1.82, 2.24) is 10.2 Å². The molecule has 0 atom stereocenters. The third-order valence-electron chi connectivity index (χ3n) is 8.96. The van der Waals surface area contributed by atoms with E-state index in [0.717, 1.165) is 37.7 Å². The lowest BCUT2D eigenvalue weighted by molar-refractivity contribution is -0.137. The van der Waals surface area contributed by atoms with E-state index < -0.39 is 5.97 Å². The van der Waals surface area contributed by atoms with Crippen molar-refractivity contribution >= 4 is 35.1 Å². The zero-order valence-electron chi connectivity index (χ0n) is 27.1. The minimum atomic E-state index is -0.903. The van der Waals surface area contributed by atoms with Crippen LogP contribution in [0.3, 0.4) is 0 Å². The van der Waals surface area contributed by atoms with Crippen LogP contribution in [-0.2, 0) is 14.4 Å². The number of benzene rings is 1. The summed E-state index contributed by atoms with van der Waals surface area (Å²) in [7, 11) is 1.89. The number of carbonyl (C=O) groups excluding carboxylic acids is 2. The Labute approximate surface area is 268 Å². The van der Waals surface area contributed by atoms with Crippen molar-refractivity contribution in [3.8, 4) is 0 Å². The van der Waals surface area contributed by atoms with Crippen LogP contribution >= 0.6 is 11.6 Å². The Morgan fingerprint density at radius 2 is 1.86 bits per heavy atom. The topological polar surface area (TPSA) is 99.1 Å². The fourth-order valence-corrected chi connectivity index (χ4v) is 6.24. The standard InChI is InChI=1S/C19H25ClN2O.C17H25NO3/c1-18(2,3)14-8-10-19(11-9-14)21-16(17(23)22(19)4)13-6-5-7-15(20)12-13;1-2-3-4-5-7-14-8-6-9-15(11-10-14)17(21)18-13-12-16(19)20/h5-7,12,14H,8-11H2,1-4H3;6,8,10-11H,2-5,7,9,12-13H2,1H3,(H,18,21)(H,19,20). The van der Waals surface area contributed by atoms with Gasteiger partial charge in [-0.2, -0.15) is 0 Å². The Balaban J connectivity index is 0.000000242. The molecule has 2 aliphatic carbocycles. The monoisotopic (exact) mass is 623 g/mol. The maximum absolute atomic E-state index is 12.7. The minimum absolute atomic E-state index is 0.0153. The summed E-state index contributed by atoms with van der Waals surface area (Å²) in [6.45, 7) is 9.28. The molecule has 1 aromatic rings. The predicted octanol–water partition coefficient (Wildman–Crippen LogP) is 7.89. The van der Waals surface area contributed by atoms with Gasteiger partial charge in [-0.05, 0) is 74.0 Å². The first-order chi connectivity index (χ1) is 20.9. The third kappa shape index (κ3) is 9.91. The van der Waals surface area contributed by atoms with Crippen LogP contribution in [0.15, 0.2) is 64.7 Å². The highest BCUT2D eigenvalue weighted by Gasteiger charge is 2.48. The highest BCUT2D eigenvalue weighted by atomic mass is 35.5. The molecule has 8 heteroatoms. The molecule has 0 bridgehead atoms. The van der Waals surface area contributed by atoms with Crippen molar-refractivity contribution in [2.24, 2.45) is 16.3 Å². The average molecular weight is 624 g/mol. The molecule has 1 aliphatic heterocycles. The van der Waals surface area contributed by atoms with Crippen molar-refractivity contribution in [3.05, 3.63) is 70.3 Å². The summed E-state index contributed by atoms with van der Waals surface area (Å²) in [5.74, 6) is -0.368. The number of allylic oxidation sites excluding steroid dienone is 5. The number of hydrogen-bond donors (Lipinski definition) is 2. The van der Waals surface area contributed by atoms with Gasteiger partial charge in [-0.15, -0.1) is 0 Å². The second kappa shape index (κ2) is 16.2. The second-order valence-corrected chi connectivity index (χ2v) is 13.6. The molecule has 0 unspecified atom stereocenters. The van der Waals surface area contributed by atoms with Gasteiger partial charge < -0.3 is 15.3 Å².